The third kappa shape index (κ3) is 3.47. The molecular weight excluding hydrogens is 230 g/mol. The highest BCUT2D eigenvalue weighted by Gasteiger charge is 2.43. The SMILES string of the molecule is N#C/C=C\CO[C@@H]1O[C@H](CO)[C@@H](O)[C@H](O)[C@H]1O. The average Bonchev–Trinajstić information content (AvgIpc) is 2.34. The Hall–Kier alpha value is -1.01. The molecule has 1 aliphatic rings. The van der Waals surface area contributed by atoms with Crippen LogP contribution in [0.4, 0.5) is 0 Å². The summed E-state index contributed by atoms with van der Waals surface area (Å²) in [7, 11) is 0. The molecule has 7 nitrogen and oxygen atoms in total. The van der Waals surface area contributed by atoms with Crippen LogP contribution in [0.3, 0.4) is 0 Å². The van der Waals surface area contributed by atoms with E-state index < -0.39 is 37.3 Å². The minimum atomic E-state index is -1.45. The fourth-order valence-corrected chi connectivity index (χ4v) is 1.46. The number of nitriles is 1. The number of hydrogen-bond donors (Lipinski definition) is 4. The lowest BCUT2D eigenvalue weighted by atomic mass is 9.99. The molecule has 4 N–H and O–H groups in total. The van der Waals surface area contributed by atoms with Gasteiger partial charge in [0.2, 0.25) is 0 Å². The molecule has 1 saturated heterocycles. The van der Waals surface area contributed by atoms with E-state index in [0.29, 0.717) is 0 Å². The van der Waals surface area contributed by atoms with Crippen LogP contribution in [0.5, 0.6) is 0 Å². The maximum Gasteiger partial charge on any atom is 0.187 e. The molecule has 17 heavy (non-hydrogen) atoms. The van der Waals surface area contributed by atoms with E-state index in [1.807, 2.05) is 0 Å². The first kappa shape index (κ1) is 14.1. The monoisotopic (exact) mass is 245 g/mol. The van der Waals surface area contributed by atoms with Crippen molar-refractivity contribution in [1.82, 2.24) is 0 Å². The molecule has 1 rings (SSSR count). The summed E-state index contributed by atoms with van der Waals surface area (Å²) in [6.45, 7) is -0.491. The lowest BCUT2D eigenvalue weighted by molar-refractivity contribution is -0.298. The van der Waals surface area contributed by atoms with Crippen molar-refractivity contribution in [3.63, 3.8) is 0 Å². The molecule has 0 aromatic carbocycles. The molecule has 0 saturated carbocycles. The largest absolute Gasteiger partial charge is 0.394 e. The number of ether oxygens (including phenoxy) is 2. The van der Waals surface area contributed by atoms with E-state index in [-0.39, 0.29) is 6.61 Å². The van der Waals surface area contributed by atoms with Gasteiger partial charge >= 0.3 is 0 Å². The van der Waals surface area contributed by atoms with Crippen LogP contribution in [-0.2, 0) is 9.47 Å². The van der Waals surface area contributed by atoms with Gasteiger partial charge in [-0.05, 0) is 6.08 Å². The van der Waals surface area contributed by atoms with E-state index in [0.717, 1.165) is 0 Å². The van der Waals surface area contributed by atoms with E-state index in [1.165, 1.54) is 12.2 Å². The van der Waals surface area contributed by atoms with Crippen LogP contribution in [0, 0.1) is 11.3 Å². The second kappa shape index (κ2) is 6.66. The third-order valence-corrected chi connectivity index (χ3v) is 2.40. The molecule has 0 radical (unpaired) electrons. The van der Waals surface area contributed by atoms with Crippen LogP contribution in [0.25, 0.3) is 0 Å². The Morgan fingerprint density at radius 1 is 1.24 bits per heavy atom. The van der Waals surface area contributed by atoms with Gasteiger partial charge in [0, 0.05) is 6.08 Å². The zero-order chi connectivity index (χ0) is 12.8. The van der Waals surface area contributed by atoms with Crippen molar-refractivity contribution in [2.75, 3.05) is 13.2 Å². The Balaban J connectivity index is 2.54. The average molecular weight is 245 g/mol. The molecule has 0 aromatic heterocycles. The van der Waals surface area contributed by atoms with Crippen LogP contribution in [0.15, 0.2) is 12.2 Å². The molecule has 0 unspecified atom stereocenters. The first-order chi connectivity index (χ1) is 8.11. The van der Waals surface area contributed by atoms with Gasteiger partial charge in [-0.3, -0.25) is 0 Å². The van der Waals surface area contributed by atoms with E-state index in [9.17, 15) is 15.3 Å². The number of nitrogens with zero attached hydrogens (tertiary/aromatic N) is 1. The predicted octanol–water partition coefficient (Wildman–Crippen LogP) is -2.12. The summed E-state index contributed by atoms with van der Waals surface area (Å²) in [4.78, 5) is 0. The second-order valence-electron chi connectivity index (χ2n) is 3.56. The van der Waals surface area contributed by atoms with E-state index >= 15 is 0 Å². The number of aliphatic hydroxyl groups excluding tert-OH is 4. The summed E-state index contributed by atoms with van der Waals surface area (Å²) >= 11 is 0. The van der Waals surface area contributed by atoms with Gasteiger partial charge in [0.05, 0.1) is 19.3 Å². The molecular formula is C10H15NO6. The van der Waals surface area contributed by atoms with Gasteiger partial charge in [-0.15, -0.1) is 0 Å². The van der Waals surface area contributed by atoms with Gasteiger partial charge in [-0.25, -0.2) is 0 Å². The highest BCUT2D eigenvalue weighted by Crippen LogP contribution is 2.21. The van der Waals surface area contributed by atoms with E-state index in [4.69, 9.17) is 19.8 Å². The van der Waals surface area contributed by atoms with Crippen LogP contribution >= 0.6 is 0 Å². The van der Waals surface area contributed by atoms with Crippen LogP contribution in [-0.4, -0.2) is 64.3 Å². The molecule has 0 aromatic rings. The summed E-state index contributed by atoms with van der Waals surface area (Å²) < 4.78 is 10.1. The van der Waals surface area contributed by atoms with Crippen LogP contribution in [0.1, 0.15) is 0 Å². The van der Waals surface area contributed by atoms with Gasteiger partial charge in [-0.2, -0.15) is 5.26 Å². The smallest absolute Gasteiger partial charge is 0.187 e. The summed E-state index contributed by atoms with van der Waals surface area (Å²) in [5, 5.41) is 45.6. The normalized spacial score (nSPS) is 38.2. The molecule has 1 fully saturated rings. The molecule has 0 spiro atoms. The lowest BCUT2D eigenvalue weighted by Crippen LogP contribution is -2.59. The third-order valence-electron chi connectivity index (χ3n) is 2.40. The standard InChI is InChI=1S/C10H15NO6/c11-3-1-2-4-16-10-9(15)8(14)7(13)6(5-12)17-10/h1-2,6-10,12-15H,4-5H2/b2-1-/t6-,7-,8+,9-,10-/m1/s1. The number of allylic oxidation sites excluding steroid dienone is 1. The zero-order valence-corrected chi connectivity index (χ0v) is 9.01. The zero-order valence-electron chi connectivity index (χ0n) is 9.01. The molecule has 7 heteroatoms. The van der Waals surface area contributed by atoms with Crippen molar-refractivity contribution in [3.05, 3.63) is 12.2 Å². The Labute approximate surface area is 98.1 Å². The van der Waals surface area contributed by atoms with Gasteiger partial charge < -0.3 is 29.9 Å². The summed E-state index contributed by atoms with van der Waals surface area (Å²) in [6, 6.07) is 1.76. The highest BCUT2D eigenvalue weighted by atomic mass is 16.7. The van der Waals surface area contributed by atoms with Gasteiger partial charge in [0.1, 0.15) is 24.4 Å². The Morgan fingerprint density at radius 3 is 2.53 bits per heavy atom. The maximum absolute atomic E-state index is 9.55. The molecule has 96 valence electrons. The molecule has 1 heterocycles. The topological polar surface area (TPSA) is 123 Å². The van der Waals surface area contributed by atoms with Crippen molar-refractivity contribution < 1.29 is 29.9 Å². The molecule has 5 atom stereocenters. The van der Waals surface area contributed by atoms with Gasteiger partial charge in [-0.1, -0.05) is 0 Å². The second-order valence-corrected chi connectivity index (χ2v) is 3.56. The molecule has 0 aliphatic carbocycles. The minimum absolute atomic E-state index is 0.0102. The lowest BCUT2D eigenvalue weighted by Gasteiger charge is -2.39. The van der Waals surface area contributed by atoms with Crippen LogP contribution < -0.4 is 0 Å². The molecule has 0 amide bonds. The van der Waals surface area contributed by atoms with Crippen molar-refractivity contribution in [2.45, 2.75) is 30.7 Å². The number of aliphatic hydroxyl groups is 4. The Kier molecular flexibility index (Phi) is 5.50. The minimum Gasteiger partial charge on any atom is -0.394 e. The predicted molar refractivity (Wildman–Crippen MR) is 54.5 cm³/mol. The fraction of sp³-hybridized carbons (Fsp3) is 0.700. The Morgan fingerprint density at radius 2 is 1.94 bits per heavy atom. The van der Waals surface area contributed by atoms with Crippen molar-refractivity contribution >= 4 is 0 Å². The highest BCUT2D eigenvalue weighted by molar-refractivity contribution is 5.01. The summed E-state index contributed by atoms with van der Waals surface area (Å²) in [5.41, 5.74) is 0. The Bertz CT molecular complexity index is 300. The summed E-state index contributed by atoms with van der Waals surface area (Å²) in [5.74, 6) is 0. The first-order valence-corrected chi connectivity index (χ1v) is 5.08. The number of rotatable bonds is 4. The quantitative estimate of drug-likeness (QED) is 0.418. The first-order valence-electron chi connectivity index (χ1n) is 5.08. The van der Waals surface area contributed by atoms with Crippen LogP contribution in [0.2, 0.25) is 0 Å². The fourth-order valence-electron chi connectivity index (χ4n) is 1.46. The molecule has 0 bridgehead atoms. The molecule has 1 aliphatic heterocycles. The van der Waals surface area contributed by atoms with Gasteiger partial charge in [0.25, 0.3) is 0 Å². The van der Waals surface area contributed by atoms with E-state index in [1.54, 1.807) is 6.07 Å². The summed E-state index contributed by atoms with van der Waals surface area (Å²) in [6.07, 6.45) is -3.81. The number of hydrogen-bond acceptors (Lipinski definition) is 7. The van der Waals surface area contributed by atoms with Crippen molar-refractivity contribution in [2.24, 2.45) is 0 Å². The maximum atomic E-state index is 9.55. The van der Waals surface area contributed by atoms with Crippen molar-refractivity contribution in [3.8, 4) is 6.07 Å². The van der Waals surface area contributed by atoms with E-state index in [2.05, 4.69) is 0 Å². The van der Waals surface area contributed by atoms with Gasteiger partial charge in [0.15, 0.2) is 6.29 Å². The van der Waals surface area contributed by atoms with Crippen molar-refractivity contribution in [1.29, 1.82) is 5.26 Å².